The van der Waals surface area contributed by atoms with Crippen LogP contribution in [0.4, 0.5) is 4.39 Å². The van der Waals surface area contributed by atoms with E-state index in [1.807, 2.05) is 13.0 Å². The van der Waals surface area contributed by atoms with Crippen molar-refractivity contribution in [2.45, 2.75) is 45.8 Å². The minimum Gasteiger partial charge on any atom is -0.490 e. The molecule has 0 aliphatic rings. The highest BCUT2D eigenvalue weighted by atomic mass is 19.1. The average Bonchev–Trinajstić information content (AvgIpc) is 2.37. The zero-order valence-corrected chi connectivity index (χ0v) is 11.9. The lowest BCUT2D eigenvalue weighted by Gasteiger charge is -2.15. The van der Waals surface area contributed by atoms with Crippen molar-refractivity contribution in [3.8, 4) is 5.75 Å². The molecule has 0 radical (unpaired) electrons. The third kappa shape index (κ3) is 5.57. The number of nitrogens with one attached hydrogen (secondary N) is 1. The van der Waals surface area contributed by atoms with E-state index in [2.05, 4.69) is 12.2 Å². The van der Waals surface area contributed by atoms with Crippen LogP contribution in [0.2, 0.25) is 0 Å². The van der Waals surface area contributed by atoms with E-state index in [1.54, 1.807) is 13.0 Å². The van der Waals surface area contributed by atoms with Gasteiger partial charge in [0.1, 0.15) is 0 Å². The van der Waals surface area contributed by atoms with E-state index < -0.39 is 6.10 Å². The standard InChI is InChI=1S/C15H24FNO2/c1-4-8-17-12(3)13-5-6-15(14(16)10-13)19-9-7-11(2)18/h5-6,10-12,17-18H,4,7-9H2,1-3H3. The van der Waals surface area contributed by atoms with Gasteiger partial charge >= 0.3 is 0 Å². The minimum absolute atomic E-state index is 0.126. The maximum absolute atomic E-state index is 13.8. The molecule has 2 N–H and O–H groups in total. The monoisotopic (exact) mass is 269 g/mol. The summed E-state index contributed by atoms with van der Waals surface area (Å²) in [4.78, 5) is 0. The molecular formula is C15H24FNO2. The Morgan fingerprint density at radius 2 is 2.11 bits per heavy atom. The molecule has 0 heterocycles. The van der Waals surface area contributed by atoms with Crippen molar-refractivity contribution in [3.63, 3.8) is 0 Å². The lowest BCUT2D eigenvalue weighted by Crippen LogP contribution is -2.19. The van der Waals surface area contributed by atoms with E-state index in [0.29, 0.717) is 13.0 Å². The third-order valence-electron chi connectivity index (χ3n) is 2.95. The summed E-state index contributed by atoms with van der Waals surface area (Å²) in [7, 11) is 0. The molecule has 0 saturated heterocycles. The Morgan fingerprint density at radius 1 is 1.37 bits per heavy atom. The molecule has 0 fully saturated rings. The molecule has 0 saturated carbocycles. The number of halogens is 1. The van der Waals surface area contributed by atoms with Gasteiger partial charge in [0, 0.05) is 12.5 Å². The van der Waals surface area contributed by atoms with Crippen molar-refractivity contribution in [1.29, 1.82) is 0 Å². The number of aliphatic hydroxyl groups is 1. The van der Waals surface area contributed by atoms with Gasteiger partial charge in [0.2, 0.25) is 0 Å². The first-order valence-electron chi connectivity index (χ1n) is 6.88. The smallest absolute Gasteiger partial charge is 0.165 e. The molecule has 2 atom stereocenters. The molecular weight excluding hydrogens is 245 g/mol. The molecule has 4 heteroatoms. The number of benzene rings is 1. The van der Waals surface area contributed by atoms with Crippen molar-refractivity contribution in [2.75, 3.05) is 13.2 Å². The largest absolute Gasteiger partial charge is 0.490 e. The van der Waals surface area contributed by atoms with Crippen LogP contribution in [0.25, 0.3) is 0 Å². The predicted octanol–water partition coefficient (Wildman–Crippen LogP) is 3.04. The highest BCUT2D eigenvalue weighted by molar-refractivity contribution is 5.30. The van der Waals surface area contributed by atoms with Crippen molar-refractivity contribution in [1.82, 2.24) is 5.32 Å². The summed E-state index contributed by atoms with van der Waals surface area (Å²) >= 11 is 0. The van der Waals surface area contributed by atoms with Crippen LogP contribution in [-0.4, -0.2) is 24.4 Å². The molecule has 2 unspecified atom stereocenters. The van der Waals surface area contributed by atoms with Gasteiger partial charge in [-0.3, -0.25) is 0 Å². The predicted molar refractivity (Wildman–Crippen MR) is 74.9 cm³/mol. The fourth-order valence-corrected chi connectivity index (χ4v) is 1.72. The summed E-state index contributed by atoms with van der Waals surface area (Å²) in [6, 6.07) is 5.15. The van der Waals surface area contributed by atoms with Gasteiger partial charge in [-0.2, -0.15) is 0 Å². The second-order valence-corrected chi connectivity index (χ2v) is 4.85. The number of aliphatic hydroxyl groups excluding tert-OH is 1. The fourth-order valence-electron chi connectivity index (χ4n) is 1.72. The molecule has 19 heavy (non-hydrogen) atoms. The normalized spacial score (nSPS) is 14.2. The summed E-state index contributed by atoms with van der Waals surface area (Å²) in [6.07, 6.45) is 1.11. The molecule has 0 aromatic heterocycles. The zero-order chi connectivity index (χ0) is 14.3. The average molecular weight is 269 g/mol. The third-order valence-corrected chi connectivity index (χ3v) is 2.95. The highest BCUT2D eigenvalue weighted by Crippen LogP contribution is 2.22. The first-order chi connectivity index (χ1) is 9.04. The number of ether oxygens (including phenoxy) is 1. The van der Waals surface area contributed by atoms with Gasteiger partial charge in [-0.1, -0.05) is 13.0 Å². The molecule has 1 rings (SSSR count). The summed E-state index contributed by atoms with van der Waals surface area (Å²) in [5.41, 5.74) is 0.911. The van der Waals surface area contributed by atoms with Crippen molar-refractivity contribution < 1.29 is 14.2 Å². The van der Waals surface area contributed by atoms with Gasteiger partial charge in [0.05, 0.1) is 12.7 Å². The van der Waals surface area contributed by atoms with E-state index in [4.69, 9.17) is 9.84 Å². The second-order valence-electron chi connectivity index (χ2n) is 4.85. The quantitative estimate of drug-likeness (QED) is 0.762. The Bertz CT molecular complexity index is 382. The molecule has 1 aromatic rings. The summed E-state index contributed by atoms with van der Waals surface area (Å²) in [5, 5.41) is 12.4. The van der Waals surface area contributed by atoms with E-state index in [1.165, 1.54) is 6.07 Å². The lowest BCUT2D eigenvalue weighted by molar-refractivity contribution is 0.154. The first kappa shape index (κ1) is 15.9. The van der Waals surface area contributed by atoms with E-state index in [0.717, 1.165) is 18.5 Å². The van der Waals surface area contributed by atoms with Crippen LogP contribution in [0.3, 0.4) is 0 Å². The molecule has 0 bridgehead atoms. The molecule has 0 spiro atoms. The van der Waals surface area contributed by atoms with Crippen LogP contribution in [0, 0.1) is 5.82 Å². The topological polar surface area (TPSA) is 41.5 Å². The van der Waals surface area contributed by atoms with Crippen LogP contribution in [0.1, 0.15) is 45.2 Å². The van der Waals surface area contributed by atoms with Gasteiger partial charge in [-0.15, -0.1) is 0 Å². The Balaban J connectivity index is 2.58. The summed E-state index contributed by atoms with van der Waals surface area (Å²) in [6.45, 7) is 7.02. The summed E-state index contributed by atoms with van der Waals surface area (Å²) in [5.74, 6) is -0.111. The second kappa shape index (κ2) is 8.12. The summed E-state index contributed by atoms with van der Waals surface area (Å²) < 4.78 is 19.1. The Labute approximate surface area is 114 Å². The fraction of sp³-hybridized carbons (Fsp3) is 0.600. The van der Waals surface area contributed by atoms with Crippen molar-refractivity contribution in [2.24, 2.45) is 0 Å². The number of hydrogen-bond acceptors (Lipinski definition) is 3. The maximum atomic E-state index is 13.8. The zero-order valence-electron chi connectivity index (χ0n) is 11.9. The van der Waals surface area contributed by atoms with Gasteiger partial charge in [0.25, 0.3) is 0 Å². The SMILES string of the molecule is CCCNC(C)c1ccc(OCCC(C)O)c(F)c1. The molecule has 0 aliphatic carbocycles. The molecule has 108 valence electrons. The molecule has 1 aromatic carbocycles. The molecule has 0 amide bonds. The van der Waals surface area contributed by atoms with E-state index in [9.17, 15) is 4.39 Å². The van der Waals surface area contributed by atoms with Gasteiger partial charge in [-0.05, 0) is 44.5 Å². The maximum Gasteiger partial charge on any atom is 0.165 e. The van der Waals surface area contributed by atoms with Crippen LogP contribution in [0.5, 0.6) is 5.75 Å². The minimum atomic E-state index is -0.430. The van der Waals surface area contributed by atoms with Gasteiger partial charge in [-0.25, -0.2) is 4.39 Å². The Hall–Kier alpha value is -1.13. The first-order valence-corrected chi connectivity index (χ1v) is 6.88. The van der Waals surface area contributed by atoms with Crippen LogP contribution in [-0.2, 0) is 0 Å². The molecule has 0 aliphatic heterocycles. The van der Waals surface area contributed by atoms with Crippen molar-refractivity contribution >= 4 is 0 Å². The molecule has 3 nitrogen and oxygen atoms in total. The highest BCUT2D eigenvalue weighted by Gasteiger charge is 2.09. The van der Waals surface area contributed by atoms with Crippen molar-refractivity contribution in [3.05, 3.63) is 29.6 Å². The number of rotatable bonds is 8. The Kier molecular flexibility index (Phi) is 6.81. The Morgan fingerprint density at radius 3 is 2.68 bits per heavy atom. The van der Waals surface area contributed by atoms with Gasteiger partial charge in [0.15, 0.2) is 11.6 Å². The van der Waals surface area contributed by atoms with Gasteiger partial charge < -0.3 is 15.2 Å². The van der Waals surface area contributed by atoms with E-state index in [-0.39, 0.29) is 17.6 Å². The van der Waals surface area contributed by atoms with Crippen LogP contribution in [0.15, 0.2) is 18.2 Å². The number of hydrogen-bond donors (Lipinski definition) is 2. The van der Waals surface area contributed by atoms with Crippen LogP contribution >= 0.6 is 0 Å². The van der Waals surface area contributed by atoms with E-state index >= 15 is 0 Å². The van der Waals surface area contributed by atoms with Crippen LogP contribution < -0.4 is 10.1 Å². The lowest BCUT2D eigenvalue weighted by atomic mass is 10.1.